The zero-order valence-corrected chi connectivity index (χ0v) is 13.0. The molecule has 3 atom stereocenters. The molecule has 21 heavy (non-hydrogen) atoms. The van der Waals surface area contributed by atoms with Crippen molar-refractivity contribution in [2.45, 2.75) is 25.7 Å². The van der Waals surface area contributed by atoms with E-state index in [-0.39, 0.29) is 4.47 Å². The largest absolute Gasteiger partial charge is 0.304 e. The number of halogens is 2. The Morgan fingerprint density at radius 2 is 2.05 bits per heavy atom. The first kappa shape index (κ1) is 13.4. The van der Waals surface area contributed by atoms with Gasteiger partial charge in [-0.15, -0.1) is 0 Å². The molecule has 0 aromatic heterocycles. The monoisotopic (exact) mass is 351 g/mol. The van der Waals surface area contributed by atoms with Crippen LogP contribution in [0.3, 0.4) is 0 Å². The fraction of sp³-hybridized carbons (Fsp3) is 0.500. The molecule has 1 aromatic rings. The van der Waals surface area contributed by atoms with Gasteiger partial charge in [0.05, 0.1) is 15.7 Å². The van der Waals surface area contributed by atoms with Crippen molar-refractivity contribution < 1.29 is 14.0 Å². The van der Waals surface area contributed by atoms with E-state index in [2.05, 4.69) is 15.9 Å². The van der Waals surface area contributed by atoms with E-state index in [1.807, 2.05) is 0 Å². The standard InChI is InChI=1S/C16H15BrFNO2/c17-12-5-11-14(6-13(12)18)19(16(21)15(11)20)7-10-4-8-1-2-9(10)3-8/h5-6,8-10H,1-4,7H2. The number of amides is 1. The number of anilines is 1. The average molecular weight is 352 g/mol. The summed E-state index contributed by atoms with van der Waals surface area (Å²) >= 11 is 3.07. The fourth-order valence-corrected chi connectivity index (χ4v) is 4.65. The zero-order chi connectivity index (χ0) is 14.7. The van der Waals surface area contributed by atoms with Crippen LogP contribution in [-0.2, 0) is 4.79 Å². The maximum Gasteiger partial charge on any atom is 0.299 e. The smallest absolute Gasteiger partial charge is 0.299 e. The van der Waals surface area contributed by atoms with Gasteiger partial charge < -0.3 is 4.90 Å². The maximum absolute atomic E-state index is 13.8. The van der Waals surface area contributed by atoms with E-state index in [1.54, 1.807) is 0 Å². The number of carbonyl (C=O) groups is 2. The Labute approximate surface area is 130 Å². The lowest BCUT2D eigenvalue weighted by Gasteiger charge is -2.27. The number of hydrogen-bond donors (Lipinski definition) is 0. The lowest BCUT2D eigenvalue weighted by atomic mass is 9.88. The molecule has 3 nitrogen and oxygen atoms in total. The molecular formula is C16H15BrFNO2. The van der Waals surface area contributed by atoms with Gasteiger partial charge in [0.2, 0.25) is 0 Å². The maximum atomic E-state index is 13.8. The summed E-state index contributed by atoms with van der Waals surface area (Å²) in [6.45, 7) is 0.555. The molecule has 3 aliphatic rings. The van der Waals surface area contributed by atoms with E-state index in [0.29, 0.717) is 29.6 Å². The van der Waals surface area contributed by atoms with Gasteiger partial charge in [-0.05, 0) is 65.1 Å². The second-order valence-corrected chi connectivity index (χ2v) is 7.32. The summed E-state index contributed by atoms with van der Waals surface area (Å²) in [5, 5.41) is 0. The van der Waals surface area contributed by atoms with Crippen molar-refractivity contribution in [3.8, 4) is 0 Å². The van der Waals surface area contributed by atoms with E-state index < -0.39 is 17.5 Å². The van der Waals surface area contributed by atoms with Gasteiger partial charge in [0.15, 0.2) is 0 Å². The molecule has 2 saturated carbocycles. The van der Waals surface area contributed by atoms with Gasteiger partial charge in [-0.1, -0.05) is 6.42 Å². The molecule has 1 aliphatic heterocycles. The molecule has 0 radical (unpaired) electrons. The van der Waals surface area contributed by atoms with Gasteiger partial charge >= 0.3 is 0 Å². The number of benzene rings is 1. The number of hydrogen-bond acceptors (Lipinski definition) is 2. The lowest BCUT2D eigenvalue weighted by molar-refractivity contribution is -0.114. The number of carbonyl (C=O) groups excluding carboxylic acids is 2. The third-order valence-electron chi connectivity index (χ3n) is 5.32. The highest BCUT2D eigenvalue weighted by atomic mass is 79.9. The number of nitrogens with zero attached hydrogens (tertiary/aromatic N) is 1. The summed E-state index contributed by atoms with van der Waals surface area (Å²) in [5.41, 5.74) is 0.755. The number of Topliss-reactive ketones (excluding diaryl/α,β-unsaturated/α-hetero) is 1. The molecule has 0 saturated heterocycles. The normalized spacial score (nSPS) is 30.4. The summed E-state index contributed by atoms with van der Waals surface area (Å²) in [7, 11) is 0. The number of rotatable bonds is 2. The topological polar surface area (TPSA) is 37.4 Å². The Morgan fingerprint density at radius 1 is 1.24 bits per heavy atom. The molecule has 0 N–H and O–H groups in total. The third-order valence-corrected chi connectivity index (χ3v) is 5.92. The van der Waals surface area contributed by atoms with E-state index in [9.17, 15) is 14.0 Å². The van der Waals surface area contributed by atoms with Crippen molar-refractivity contribution in [2.75, 3.05) is 11.4 Å². The van der Waals surface area contributed by atoms with Crippen LogP contribution in [0.25, 0.3) is 0 Å². The van der Waals surface area contributed by atoms with Crippen LogP contribution in [0.15, 0.2) is 16.6 Å². The highest BCUT2D eigenvalue weighted by Gasteiger charge is 2.44. The molecule has 0 spiro atoms. The van der Waals surface area contributed by atoms with Crippen LogP contribution in [0.5, 0.6) is 0 Å². The first-order valence-corrected chi connectivity index (χ1v) is 8.19. The van der Waals surface area contributed by atoms with Crippen molar-refractivity contribution in [1.82, 2.24) is 0 Å². The summed E-state index contributed by atoms with van der Waals surface area (Å²) in [6, 6.07) is 2.72. The van der Waals surface area contributed by atoms with Crippen LogP contribution >= 0.6 is 15.9 Å². The summed E-state index contributed by atoms with van der Waals surface area (Å²) in [6.07, 6.45) is 4.91. The molecule has 2 fully saturated rings. The Hall–Kier alpha value is -1.23. The molecule has 2 bridgehead atoms. The molecule has 5 heteroatoms. The second kappa shape index (κ2) is 4.63. The summed E-state index contributed by atoms with van der Waals surface area (Å²) < 4.78 is 14.0. The van der Waals surface area contributed by atoms with Crippen molar-refractivity contribution in [2.24, 2.45) is 17.8 Å². The van der Waals surface area contributed by atoms with Crippen LogP contribution in [-0.4, -0.2) is 18.2 Å². The Morgan fingerprint density at radius 3 is 2.71 bits per heavy atom. The Kier molecular flexibility index (Phi) is 2.96. The van der Waals surface area contributed by atoms with Gasteiger partial charge in [-0.25, -0.2) is 4.39 Å². The van der Waals surface area contributed by atoms with Crippen LogP contribution in [0, 0.1) is 23.6 Å². The number of fused-ring (bicyclic) bond motifs is 3. The van der Waals surface area contributed by atoms with E-state index in [0.717, 1.165) is 12.3 Å². The van der Waals surface area contributed by atoms with Gasteiger partial charge in [0, 0.05) is 6.54 Å². The fourth-order valence-electron chi connectivity index (χ4n) is 4.30. The molecule has 1 heterocycles. The molecule has 4 rings (SSSR count). The van der Waals surface area contributed by atoms with Crippen LogP contribution in [0.1, 0.15) is 36.0 Å². The molecule has 1 aromatic carbocycles. The van der Waals surface area contributed by atoms with Crippen molar-refractivity contribution in [3.63, 3.8) is 0 Å². The highest BCUT2D eigenvalue weighted by Crippen LogP contribution is 2.49. The summed E-state index contributed by atoms with van der Waals surface area (Å²) in [5.74, 6) is 0.447. The van der Waals surface area contributed by atoms with Crippen LogP contribution in [0.4, 0.5) is 10.1 Å². The minimum atomic E-state index is -0.520. The third kappa shape index (κ3) is 1.97. The first-order chi connectivity index (χ1) is 10.0. The molecule has 110 valence electrons. The van der Waals surface area contributed by atoms with Gasteiger partial charge in [0.1, 0.15) is 5.82 Å². The lowest BCUT2D eigenvalue weighted by Crippen LogP contribution is -2.36. The van der Waals surface area contributed by atoms with E-state index in [4.69, 9.17) is 0 Å². The van der Waals surface area contributed by atoms with E-state index in [1.165, 1.54) is 36.3 Å². The highest BCUT2D eigenvalue weighted by molar-refractivity contribution is 9.10. The number of ketones is 1. The van der Waals surface area contributed by atoms with Crippen LogP contribution < -0.4 is 4.90 Å². The minimum Gasteiger partial charge on any atom is -0.304 e. The molecule has 1 amide bonds. The van der Waals surface area contributed by atoms with Crippen molar-refractivity contribution in [3.05, 3.63) is 28.0 Å². The summed E-state index contributed by atoms with van der Waals surface area (Å²) in [4.78, 5) is 25.8. The molecule has 3 unspecified atom stereocenters. The molecule has 2 aliphatic carbocycles. The van der Waals surface area contributed by atoms with Crippen LogP contribution in [0.2, 0.25) is 0 Å². The van der Waals surface area contributed by atoms with Gasteiger partial charge in [-0.3, -0.25) is 9.59 Å². The Bertz CT molecular complexity index is 660. The predicted octanol–water partition coefficient (Wildman–Crippen LogP) is 3.55. The second-order valence-electron chi connectivity index (χ2n) is 6.46. The SMILES string of the molecule is O=C1C(=O)N(CC2CC3CCC2C3)c2cc(F)c(Br)cc21. The minimum absolute atomic E-state index is 0.226. The van der Waals surface area contributed by atoms with Gasteiger partial charge in [-0.2, -0.15) is 0 Å². The van der Waals surface area contributed by atoms with E-state index >= 15 is 0 Å². The molecular weight excluding hydrogens is 337 g/mol. The average Bonchev–Trinajstić information content (AvgIpc) is 3.12. The van der Waals surface area contributed by atoms with Crippen molar-refractivity contribution in [1.29, 1.82) is 0 Å². The van der Waals surface area contributed by atoms with Crippen molar-refractivity contribution >= 4 is 33.3 Å². The van der Waals surface area contributed by atoms with Gasteiger partial charge in [0.25, 0.3) is 11.7 Å². The predicted molar refractivity (Wildman–Crippen MR) is 79.7 cm³/mol. The Balaban J connectivity index is 1.66. The quantitative estimate of drug-likeness (QED) is 0.764. The first-order valence-electron chi connectivity index (χ1n) is 7.40. The zero-order valence-electron chi connectivity index (χ0n) is 11.4.